The molecule has 0 bridgehead atoms. The average Bonchev–Trinajstić information content (AvgIpc) is 4.55. The van der Waals surface area contributed by atoms with E-state index in [1.165, 1.54) is 3.97 Å². The van der Waals surface area contributed by atoms with Gasteiger partial charge in [-0.05, 0) is 89.5 Å². The molecular formula is C64H47Br2N8NaO3S. The molecule has 15 heteroatoms. The van der Waals surface area contributed by atoms with E-state index in [9.17, 15) is 8.42 Å². The number of aromatic nitrogens is 8. The fraction of sp³-hybridized carbons (Fsp3) is 0.0312. The fourth-order valence-corrected chi connectivity index (χ4v) is 12.6. The van der Waals surface area contributed by atoms with Gasteiger partial charge in [0.05, 0.1) is 17.3 Å². The maximum atomic E-state index is 13.8. The summed E-state index contributed by atoms with van der Waals surface area (Å²) in [7, 11) is -3.90. The Kier molecular flexibility index (Phi) is 16.1. The van der Waals surface area contributed by atoms with Crippen molar-refractivity contribution in [2.75, 3.05) is 0 Å². The number of H-pyrrole nitrogens is 1. The minimum atomic E-state index is -3.90. The molecule has 13 rings (SSSR count). The van der Waals surface area contributed by atoms with Crippen LogP contribution >= 0.6 is 31.9 Å². The van der Waals surface area contributed by atoms with E-state index in [1.807, 2.05) is 83.9 Å². The van der Waals surface area contributed by atoms with Crippen molar-refractivity contribution in [2.45, 2.75) is 16.0 Å². The third-order valence-corrected chi connectivity index (χ3v) is 16.5. The van der Waals surface area contributed by atoms with Gasteiger partial charge in [0.25, 0.3) is 10.0 Å². The van der Waals surface area contributed by atoms with Gasteiger partial charge in [0.1, 0.15) is 16.7 Å². The molecule has 0 aliphatic heterocycles. The normalized spacial score (nSPS) is 11.6. The van der Waals surface area contributed by atoms with Crippen molar-refractivity contribution in [1.82, 2.24) is 38.5 Å². The van der Waals surface area contributed by atoms with Crippen LogP contribution in [0.5, 0.6) is 0 Å². The molecule has 0 unspecified atom stereocenters. The standard InChI is InChI=1S/C35H25BrN4O2S.C29H21BrN4.Na.H2O/c36-30-21-32-33(25-39(34(32)37-23-30)43(41,42)31-19-11-4-12-20-31)26-22-38-40(24-26)35(27-13-5-1-6-14-27,28-15-7-2-8-16-28)29-17-9-3-10-18-29;30-25-16-26-27(19-32-28(26)31-18-25)21-17-33-34(20-21)29(22-10-4-1-5-11-22,23-12-6-2-7-13-23)24-14-8-3-9-15-24;;/h1-25H;1-20H,(H,31,32);;1H2/q;;+1;/p-1. The van der Waals surface area contributed by atoms with Crippen molar-refractivity contribution in [3.05, 3.63) is 316 Å². The molecule has 6 heterocycles. The number of rotatable bonds is 12. The Morgan fingerprint density at radius 3 is 1.19 bits per heavy atom. The summed E-state index contributed by atoms with van der Waals surface area (Å²) in [4.78, 5) is 12.5. The van der Waals surface area contributed by atoms with Gasteiger partial charge in [-0.3, -0.25) is 9.36 Å². The summed E-state index contributed by atoms with van der Waals surface area (Å²) in [5.41, 5.74) is 9.89. The van der Waals surface area contributed by atoms with Crippen LogP contribution < -0.4 is 29.6 Å². The summed E-state index contributed by atoms with van der Waals surface area (Å²) in [6.07, 6.45) is 14.9. The van der Waals surface area contributed by atoms with E-state index in [2.05, 4.69) is 191 Å². The van der Waals surface area contributed by atoms with Gasteiger partial charge in [0.15, 0.2) is 5.65 Å². The van der Waals surface area contributed by atoms with Gasteiger partial charge in [-0.15, -0.1) is 0 Å². The molecule has 13 aromatic rings. The molecule has 0 saturated heterocycles. The molecule has 0 amide bonds. The van der Waals surface area contributed by atoms with Gasteiger partial charge in [-0.25, -0.2) is 22.4 Å². The first-order valence-electron chi connectivity index (χ1n) is 24.8. The Labute approximate surface area is 496 Å². The van der Waals surface area contributed by atoms with Crippen molar-refractivity contribution >= 4 is 63.9 Å². The maximum Gasteiger partial charge on any atom is 1.00 e. The zero-order chi connectivity index (χ0) is 52.4. The van der Waals surface area contributed by atoms with Crippen molar-refractivity contribution in [3.8, 4) is 22.3 Å². The topological polar surface area (TPSA) is 146 Å². The van der Waals surface area contributed by atoms with E-state index in [0.717, 1.165) is 70.0 Å². The second-order valence-corrected chi connectivity index (χ2v) is 22.0. The molecule has 0 aliphatic rings. The van der Waals surface area contributed by atoms with Gasteiger partial charge >= 0.3 is 29.6 Å². The molecule has 382 valence electrons. The molecule has 11 nitrogen and oxygen atoms in total. The minimum Gasteiger partial charge on any atom is -0.870 e. The van der Waals surface area contributed by atoms with E-state index < -0.39 is 21.1 Å². The Morgan fingerprint density at radius 2 is 0.785 bits per heavy atom. The van der Waals surface area contributed by atoms with Gasteiger partial charge in [-0.2, -0.15) is 10.2 Å². The van der Waals surface area contributed by atoms with Gasteiger partial charge in [-0.1, -0.05) is 200 Å². The third-order valence-electron chi connectivity index (χ3n) is 14.0. The van der Waals surface area contributed by atoms with Crippen LogP contribution in [0.3, 0.4) is 0 Å². The molecule has 0 radical (unpaired) electrons. The molecule has 2 N–H and O–H groups in total. The van der Waals surface area contributed by atoms with Crippen molar-refractivity contribution in [1.29, 1.82) is 0 Å². The molecule has 0 aliphatic carbocycles. The Morgan fingerprint density at radius 1 is 0.430 bits per heavy atom. The van der Waals surface area contributed by atoms with Crippen LogP contribution in [0.2, 0.25) is 0 Å². The Hall–Kier alpha value is -7.79. The number of hydrogen-bond acceptors (Lipinski definition) is 7. The number of nitrogens with one attached hydrogen (secondary N) is 1. The second-order valence-electron chi connectivity index (χ2n) is 18.4. The summed E-state index contributed by atoms with van der Waals surface area (Å²) in [6, 6.07) is 75.0. The average molecular weight is 1190 g/mol. The summed E-state index contributed by atoms with van der Waals surface area (Å²) in [5.74, 6) is 0. The van der Waals surface area contributed by atoms with Crippen LogP contribution in [0.15, 0.2) is 288 Å². The van der Waals surface area contributed by atoms with Gasteiger partial charge in [0.2, 0.25) is 0 Å². The van der Waals surface area contributed by atoms with Crippen LogP contribution in [0.4, 0.5) is 0 Å². The van der Waals surface area contributed by atoms with E-state index in [0.29, 0.717) is 16.6 Å². The number of pyridine rings is 2. The number of halogens is 2. The summed E-state index contributed by atoms with van der Waals surface area (Å²) in [6.45, 7) is 0. The molecular weight excluding hydrogens is 1140 g/mol. The first kappa shape index (κ1) is 54.6. The molecule has 7 aromatic carbocycles. The Balaban J connectivity index is 0.000000178. The Bertz CT molecular complexity index is 4070. The van der Waals surface area contributed by atoms with Crippen LogP contribution in [0.1, 0.15) is 33.4 Å². The molecule has 0 spiro atoms. The number of fused-ring (bicyclic) bond motifs is 2. The zero-order valence-corrected chi connectivity index (χ0v) is 48.5. The van der Waals surface area contributed by atoms with E-state index in [1.54, 1.807) is 55.1 Å². The largest absolute Gasteiger partial charge is 1.00 e. The second kappa shape index (κ2) is 23.3. The number of benzene rings is 7. The van der Waals surface area contributed by atoms with E-state index in [-0.39, 0.29) is 39.9 Å². The first-order chi connectivity index (χ1) is 37.8. The monoisotopic (exact) mass is 1190 g/mol. The van der Waals surface area contributed by atoms with Gasteiger partial charge < -0.3 is 10.5 Å². The predicted octanol–water partition coefficient (Wildman–Crippen LogP) is 11.6. The molecule has 6 aromatic heterocycles. The van der Waals surface area contributed by atoms with Crippen LogP contribution in [-0.4, -0.2) is 52.4 Å². The van der Waals surface area contributed by atoms with Gasteiger partial charge in [0, 0.05) is 79.2 Å². The molecule has 0 fully saturated rings. The number of nitrogens with zero attached hydrogens (tertiary/aromatic N) is 7. The van der Waals surface area contributed by atoms with Crippen molar-refractivity contribution in [3.63, 3.8) is 0 Å². The molecule has 79 heavy (non-hydrogen) atoms. The first-order valence-corrected chi connectivity index (χ1v) is 27.8. The predicted molar refractivity (Wildman–Crippen MR) is 314 cm³/mol. The van der Waals surface area contributed by atoms with Crippen LogP contribution in [0, 0.1) is 0 Å². The van der Waals surface area contributed by atoms with E-state index >= 15 is 0 Å². The summed E-state index contributed by atoms with van der Waals surface area (Å²) < 4.78 is 34.6. The summed E-state index contributed by atoms with van der Waals surface area (Å²) in [5, 5.41) is 11.7. The smallest absolute Gasteiger partial charge is 0.870 e. The van der Waals surface area contributed by atoms with E-state index in [4.69, 9.17) is 10.2 Å². The van der Waals surface area contributed by atoms with Crippen LogP contribution in [-0.2, 0) is 21.1 Å². The quantitative estimate of drug-likeness (QED) is 0.0946. The third kappa shape index (κ3) is 9.95. The maximum absolute atomic E-state index is 13.8. The fourth-order valence-electron chi connectivity index (χ4n) is 10.6. The number of hydrogen-bond donors (Lipinski definition) is 1. The minimum absolute atomic E-state index is 0. The molecule has 0 atom stereocenters. The summed E-state index contributed by atoms with van der Waals surface area (Å²) >= 11 is 7.09. The zero-order valence-electron chi connectivity index (χ0n) is 42.5. The SMILES string of the molecule is Brc1cnc2[nH]cc(-c3cnn(C(c4ccccc4)(c4ccccc4)c4ccccc4)c3)c2c1.O=S(=O)(c1ccccc1)n1cc(-c2cnn(C(c3ccccc3)(c3ccccc3)c3ccccc3)c2)c2cc(Br)cnc21.[Na+].[OH-]. The van der Waals surface area contributed by atoms with Crippen molar-refractivity contribution in [2.24, 2.45) is 0 Å². The van der Waals surface area contributed by atoms with Crippen molar-refractivity contribution < 1.29 is 43.5 Å². The molecule has 0 saturated carbocycles. The van der Waals surface area contributed by atoms with Crippen LogP contribution in [0.25, 0.3) is 44.3 Å². The number of aromatic amines is 1.